The first-order chi connectivity index (χ1) is 26.1. The molecule has 0 aliphatic carbocycles. The average Bonchev–Trinajstić information content (AvgIpc) is 3.15. The molecule has 1 saturated heterocycles. The van der Waals surface area contributed by atoms with E-state index in [0.29, 0.717) is 13.2 Å². The van der Waals surface area contributed by atoms with Crippen LogP contribution in [0.25, 0.3) is 0 Å². The van der Waals surface area contributed by atoms with Crippen molar-refractivity contribution in [1.29, 1.82) is 0 Å². The number of carbonyl (C=O) groups is 2. The molecule has 1 aliphatic heterocycles. The second-order valence-corrected chi connectivity index (χ2v) is 15.5. The van der Waals surface area contributed by atoms with E-state index in [1.165, 1.54) is 122 Å². The number of carboxylic acid groups (broad SMARTS) is 1. The van der Waals surface area contributed by atoms with E-state index in [4.69, 9.17) is 18.9 Å². The van der Waals surface area contributed by atoms with E-state index < -0.39 is 67.3 Å². The molecule has 5 unspecified atom stereocenters. The van der Waals surface area contributed by atoms with Gasteiger partial charge in [-0.15, -0.1) is 0 Å². The largest absolute Gasteiger partial charge is 1.00 e. The smallest absolute Gasteiger partial charge is 0.544 e. The van der Waals surface area contributed by atoms with Gasteiger partial charge in [-0.05, 0) is 12.8 Å². The zero-order chi connectivity index (χ0) is 39.9. The van der Waals surface area contributed by atoms with Crippen LogP contribution in [0.1, 0.15) is 181 Å². The summed E-state index contributed by atoms with van der Waals surface area (Å²) < 4.78 is 23.7. The molecule has 0 spiro atoms. The fourth-order valence-corrected chi connectivity index (χ4v) is 7.09. The van der Waals surface area contributed by atoms with E-state index in [0.717, 1.165) is 38.5 Å². The van der Waals surface area contributed by atoms with Gasteiger partial charge < -0.3 is 54.6 Å². The first kappa shape index (κ1) is 54.6. The SMILES string of the molecule is CCCCCCCCCCCCCCOCC(COC1(C(=O)[O-])CC(O)C(NC(C)=O)C([C@H](O)[C@@H](O)CO)O1)OCCCCCCCCCCCCCC.[Na+]. The average molecular weight is 798 g/mol. The Balaban J connectivity index is 0.0000292. The number of carbonyl (C=O) groups excluding carboxylic acids is 2. The van der Waals surface area contributed by atoms with Gasteiger partial charge in [-0.25, -0.2) is 0 Å². The Hall–Kier alpha value is -0.380. The third-order valence-electron chi connectivity index (χ3n) is 10.5. The molecule has 0 saturated carbocycles. The molecule has 1 heterocycles. The van der Waals surface area contributed by atoms with Gasteiger partial charge in [0, 0.05) is 26.6 Å². The summed E-state index contributed by atoms with van der Waals surface area (Å²) >= 11 is 0. The summed E-state index contributed by atoms with van der Waals surface area (Å²) in [7, 11) is 0. The predicted octanol–water partition coefficient (Wildman–Crippen LogP) is 2.63. The first-order valence-corrected chi connectivity index (χ1v) is 21.8. The van der Waals surface area contributed by atoms with Crippen LogP contribution < -0.4 is 40.0 Å². The van der Waals surface area contributed by atoms with E-state index in [9.17, 15) is 35.1 Å². The molecule has 1 amide bonds. The standard InChI is InChI=1S/C42H81NO11.Na/c1-4-6-8-10-12-14-16-18-20-22-24-26-28-51-32-35(52-29-27-25-23-21-19-17-15-13-11-9-7-5-2)33-53-42(41(49)50)30-36(46)38(43-34(3)45)40(54-42)39(48)37(47)31-44;/h35-40,44,46-48H,4-33H2,1-3H3,(H,43,45)(H,49,50);/q;+1/p-1/t35?,36?,37-,38?,39+,40?,42?;/m0./s1. The Labute approximate surface area is 355 Å². The summed E-state index contributed by atoms with van der Waals surface area (Å²) in [5, 5.41) is 56.2. The minimum absolute atomic E-state index is 0. The number of nitrogens with one attached hydrogen (secondary N) is 1. The normalized spacial score (nSPS) is 21.5. The van der Waals surface area contributed by atoms with Crippen LogP contribution in [-0.4, -0.2) is 108 Å². The minimum atomic E-state index is -2.53. The Kier molecular flexibility index (Phi) is 35.3. The van der Waals surface area contributed by atoms with E-state index in [1.54, 1.807) is 0 Å². The maximum Gasteiger partial charge on any atom is 1.00 e. The molecule has 1 aliphatic rings. The zero-order valence-corrected chi connectivity index (χ0v) is 37.3. The Morgan fingerprint density at radius 3 is 1.60 bits per heavy atom. The number of hydrogen-bond acceptors (Lipinski definition) is 11. The van der Waals surface area contributed by atoms with Gasteiger partial charge in [0.15, 0.2) is 0 Å². The summed E-state index contributed by atoms with van der Waals surface area (Å²) in [6.45, 7) is 5.65. The number of aliphatic hydroxyl groups excluding tert-OH is 4. The van der Waals surface area contributed by atoms with Gasteiger partial charge in [0.2, 0.25) is 11.7 Å². The van der Waals surface area contributed by atoms with E-state index in [-0.39, 0.29) is 42.8 Å². The number of aliphatic hydroxyl groups is 4. The molecule has 7 atom stereocenters. The molecule has 1 rings (SSSR count). The van der Waals surface area contributed by atoms with Crippen LogP contribution in [0.2, 0.25) is 0 Å². The summed E-state index contributed by atoms with van der Waals surface area (Å²) in [5.41, 5.74) is 0. The van der Waals surface area contributed by atoms with Crippen LogP contribution in [-0.2, 0) is 28.5 Å². The van der Waals surface area contributed by atoms with Gasteiger partial charge in [-0.3, -0.25) is 4.79 Å². The molecule has 13 heteroatoms. The van der Waals surface area contributed by atoms with Crippen LogP contribution in [0, 0.1) is 0 Å². The maximum atomic E-state index is 12.5. The number of ether oxygens (including phenoxy) is 4. The van der Waals surface area contributed by atoms with Gasteiger partial charge >= 0.3 is 29.6 Å². The summed E-state index contributed by atoms with van der Waals surface area (Å²) in [6, 6.07) is -1.29. The molecule has 0 aromatic heterocycles. The third kappa shape index (κ3) is 25.7. The van der Waals surface area contributed by atoms with E-state index in [1.807, 2.05) is 0 Å². The molecule has 5 N–H and O–H groups in total. The molecule has 0 aromatic rings. The van der Waals surface area contributed by atoms with E-state index in [2.05, 4.69) is 19.2 Å². The number of aliphatic carboxylic acids is 1. The number of hydrogen-bond donors (Lipinski definition) is 5. The second kappa shape index (κ2) is 35.6. The van der Waals surface area contributed by atoms with Crippen LogP contribution in [0.5, 0.6) is 0 Å². The predicted molar refractivity (Wildman–Crippen MR) is 209 cm³/mol. The molecule has 55 heavy (non-hydrogen) atoms. The fraction of sp³-hybridized carbons (Fsp3) is 0.952. The fourth-order valence-electron chi connectivity index (χ4n) is 7.09. The van der Waals surface area contributed by atoms with Crippen LogP contribution in [0.4, 0.5) is 0 Å². The van der Waals surface area contributed by atoms with Crippen molar-refractivity contribution in [2.75, 3.05) is 33.0 Å². The third-order valence-corrected chi connectivity index (χ3v) is 10.5. The first-order valence-electron chi connectivity index (χ1n) is 21.8. The molecule has 12 nitrogen and oxygen atoms in total. The monoisotopic (exact) mass is 798 g/mol. The molecule has 1 fully saturated rings. The van der Waals surface area contributed by atoms with Gasteiger partial charge in [-0.1, -0.05) is 155 Å². The van der Waals surface area contributed by atoms with Crippen LogP contribution in [0.3, 0.4) is 0 Å². The van der Waals surface area contributed by atoms with Crippen molar-refractivity contribution >= 4 is 11.9 Å². The quantitative estimate of drug-likeness (QED) is 0.0460. The summed E-state index contributed by atoms with van der Waals surface area (Å²) in [6.07, 6.45) is 21.4. The van der Waals surface area contributed by atoms with Crippen LogP contribution >= 0.6 is 0 Å². The Morgan fingerprint density at radius 1 is 0.745 bits per heavy atom. The van der Waals surface area contributed by atoms with Crippen molar-refractivity contribution in [3.8, 4) is 0 Å². The molecular weight excluding hydrogens is 717 g/mol. The molecule has 0 radical (unpaired) electrons. The molecule has 0 aromatic carbocycles. The number of amides is 1. The van der Waals surface area contributed by atoms with Crippen molar-refractivity contribution in [2.24, 2.45) is 0 Å². The van der Waals surface area contributed by atoms with Crippen molar-refractivity contribution in [3.63, 3.8) is 0 Å². The minimum Gasteiger partial charge on any atom is -0.544 e. The molecular formula is C42H80NNaO11. The van der Waals surface area contributed by atoms with Crippen molar-refractivity contribution in [3.05, 3.63) is 0 Å². The molecule has 320 valence electrons. The molecule has 0 bridgehead atoms. The summed E-state index contributed by atoms with van der Waals surface area (Å²) in [5.74, 6) is -4.89. The summed E-state index contributed by atoms with van der Waals surface area (Å²) in [4.78, 5) is 24.4. The second-order valence-electron chi connectivity index (χ2n) is 15.5. The number of rotatable bonds is 37. The Bertz CT molecular complexity index is 919. The van der Waals surface area contributed by atoms with E-state index >= 15 is 0 Å². The van der Waals surface area contributed by atoms with Crippen molar-refractivity contribution in [2.45, 2.75) is 224 Å². The Morgan fingerprint density at radius 2 is 1.18 bits per heavy atom. The zero-order valence-electron chi connectivity index (χ0n) is 35.3. The van der Waals surface area contributed by atoms with Gasteiger partial charge in [0.1, 0.15) is 30.4 Å². The van der Waals surface area contributed by atoms with Crippen molar-refractivity contribution in [1.82, 2.24) is 5.32 Å². The number of carboxylic acids is 1. The van der Waals surface area contributed by atoms with Gasteiger partial charge in [-0.2, -0.15) is 0 Å². The van der Waals surface area contributed by atoms with Crippen LogP contribution in [0.15, 0.2) is 0 Å². The van der Waals surface area contributed by atoms with Crippen molar-refractivity contribution < 1.29 is 83.6 Å². The van der Waals surface area contributed by atoms with Gasteiger partial charge in [0.05, 0.1) is 32.0 Å². The number of unbranched alkanes of at least 4 members (excludes halogenated alkanes) is 22. The topological polar surface area (TPSA) is 187 Å². The van der Waals surface area contributed by atoms with Gasteiger partial charge in [0.25, 0.3) is 0 Å². The maximum absolute atomic E-state index is 12.5.